The molecule has 1 unspecified atom stereocenters. The lowest BCUT2D eigenvalue weighted by Gasteiger charge is -2.21. The van der Waals surface area contributed by atoms with Crippen LogP contribution in [0.4, 0.5) is 4.39 Å². The Morgan fingerprint density at radius 1 is 1.78 bits per heavy atom. The third kappa shape index (κ3) is 2.13. The number of aliphatic hydroxyl groups excluding tert-OH is 1. The predicted octanol–water partition coefficient (Wildman–Crippen LogP) is 1.57. The minimum Gasteiger partial charge on any atom is -0.387 e. The molecular weight excluding hydrogens is 259 g/mol. The normalized spacial score (nSPS) is 31.8. The first-order chi connectivity index (χ1) is 8.37. The van der Waals surface area contributed by atoms with Gasteiger partial charge in [0.25, 0.3) is 5.56 Å². The molecule has 5 nitrogen and oxygen atoms in total. The van der Waals surface area contributed by atoms with Crippen molar-refractivity contribution >= 4 is 12.2 Å². The van der Waals surface area contributed by atoms with Gasteiger partial charge in [-0.25, -0.2) is 4.39 Å². The Morgan fingerprint density at radius 2 is 2.44 bits per heavy atom. The predicted molar refractivity (Wildman–Crippen MR) is 65.5 cm³/mol. The number of hydrogen-bond donors (Lipinski definition) is 2. The monoisotopic (exact) mass is 274 g/mol. The summed E-state index contributed by atoms with van der Waals surface area (Å²) < 4.78 is 20.9. The minimum atomic E-state index is -2.05. The fourth-order valence-corrected chi connectivity index (χ4v) is 2.27. The van der Waals surface area contributed by atoms with Crippen molar-refractivity contribution < 1.29 is 14.2 Å². The van der Waals surface area contributed by atoms with Crippen LogP contribution in [0.25, 0.3) is 0 Å². The van der Waals surface area contributed by atoms with E-state index < -0.39 is 18.2 Å². The van der Waals surface area contributed by atoms with Gasteiger partial charge in [-0.15, -0.1) is 0 Å². The highest BCUT2D eigenvalue weighted by Crippen LogP contribution is 2.39. The zero-order chi connectivity index (χ0) is 13.5. The second-order valence-corrected chi connectivity index (χ2v) is 4.83. The molecule has 100 valence electrons. The summed E-state index contributed by atoms with van der Waals surface area (Å²) in [5.41, 5.74) is 0.173. The average molecular weight is 274 g/mol. The zero-order valence-electron chi connectivity index (χ0n) is 10.1. The standard InChI is InChI=1S/C11H15FN2O3S/c1-3-11(12)7(15)4-8(17-11)14-5-6(2)9(16)13-10(14)18/h5,7-8,15H,3-4H2,1-2H3,(H,13,16,18)/t7?,8-,11-/m1/s1. The highest BCUT2D eigenvalue weighted by Gasteiger charge is 2.48. The van der Waals surface area contributed by atoms with Gasteiger partial charge in [-0.05, 0) is 19.1 Å². The summed E-state index contributed by atoms with van der Waals surface area (Å²) in [4.78, 5) is 13.8. The highest BCUT2D eigenvalue weighted by molar-refractivity contribution is 7.71. The van der Waals surface area contributed by atoms with Gasteiger partial charge in [-0.3, -0.25) is 14.3 Å². The van der Waals surface area contributed by atoms with Crippen molar-refractivity contribution in [1.82, 2.24) is 9.55 Å². The number of H-pyrrole nitrogens is 1. The van der Waals surface area contributed by atoms with Gasteiger partial charge in [0, 0.05) is 24.6 Å². The van der Waals surface area contributed by atoms with E-state index >= 15 is 0 Å². The maximum Gasteiger partial charge on any atom is 0.254 e. The van der Waals surface area contributed by atoms with Crippen molar-refractivity contribution in [2.75, 3.05) is 0 Å². The molecule has 0 spiro atoms. The fourth-order valence-electron chi connectivity index (χ4n) is 2.01. The van der Waals surface area contributed by atoms with Gasteiger partial charge in [0.2, 0.25) is 5.85 Å². The van der Waals surface area contributed by atoms with Gasteiger partial charge in [0.15, 0.2) is 4.77 Å². The van der Waals surface area contributed by atoms with Crippen LogP contribution in [0.1, 0.15) is 31.6 Å². The molecule has 1 fully saturated rings. The van der Waals surface area contributed by atoms with Crippen LogP contribution in [0.15, 0.2) is 11.0 Å². The van der Waals surface area contributed by atoms with Gasteiger partial charge in [0.1, 0.15) is 12.3 Å². The quantitative estimate of drug-likeness (QED) is 0.803. The van der Waals surface area contributed by atoms with E-state index in [1.54, 1.807) is 13.8 Å². The van der Waals surface area contributed by atoms with E-state index in [9.17, 15) is 14.3 Å². The lowest BCUT2D eigenvalue weighted by molar-refractivity contribution is -0.188. The van der Waals surface area contributed by atoms with Gasteiger partial charge in [-0.2, -0.15) is 0 Å². The number of nitrogens with zero attached hydrogens (tertiary/aromatic N) is 1. The summed E-state index contributed by atoms with van der Waals surface area (Å²) in [6.45, 7) is 3.22. The van der Waals surface area contributed by atoms with Crippen molar-refractivity contribution in [3.63, 3.8) is 0 Å². The number of alkyl halides is 1. The van der Waals surface area contributed by atoms with Crippen LogP contribution < -0.4 is 5.56 Å². The Balaban J connectivity index is 2.38. The zero-order valence-corrected chi connectivity index (χ0v) is 11.0. The van der Waals surface area contributed by atoms with Crippen molar-refractivity contribution in [2.24, 2.45) is 0 Å². The molecule has 2 heterocycles. The maximum absolute atomic E-state index is 14.1. The minimum absolute atomic E-state index is 0.0559. The summed E-state index contributed by atoms with van der Waals surface area (Å²) in [5.74, 6) is -2.05. The molecule has 0 radical (unpaired) electrons. The van der Waals surface area contributed by atoms with Crippen LogP contribution in [0.2, 0.25) is 0 Å². The first kappa shape index (κ1) is 13.4. The largest absolute Gasteiger partial charge is 0.387 e. The average Bonchev–Trinajstić information content (AvgIpc) is 2.61. The van der Waals surface area contributed by atoms with Gasteiger partial charge in [0.05, 0.1) is 0 Å². The third-order valence-corrected chi connectivity index (χ3v) is 3.51. The molecule has 0 saturated carbocycles. The number of rotatable bonds is 2. The molecule has 3 atom stereocenters. The van der Waals surface area contributed by atoms with Gasteiger partial charge >= 0.3 is 0 Å². The van der Waals surface area contributed by atoms with Crippen molar-refractivity contribution in [1.29, 1.82) is 0 Å². The van der Waals surface area contributed by atoms with Gasteiger partial charge in [-0.1, -0.05) is 6.92 Å². The topological polar surface area (TPSA) is 67.2 Å². The number of halogens is 1. The first-order valence-electron chi connectivity index (χ1n) is 5.74. The van der Waals surface area contributed by atoms with Crippen molar-refractivity contribution in [3.05, 3.63) is 26.9 Å². The van der Waals surface area contributed by atoms with E-state index in [1.807, 2.05) is 0 Å². The Bertz CT molecular complexity index is 570. The number of hydrogen-bond acceptors (Lipinski definition) is 4. The molecule has 7 heteroatoms. The molecule has 1 aromatic heterocycles. The molecule has 0 bridgehead atoms. The summed E-state index contributed by atoms with van der Waals surface area (Å²) in [6, 6.07) is 0. The molecule has 1 aliphatic heterocycles. The third-order valence-electron chi connectivity index (χ3n) is 3.19. The first-order valence-corrected chi connectivity index (χ1v) is 6.15. The second kappa shape index (κ2) is 4.56. The fraction of sp³-hybridized carbons (Fsp3) is 0.636. The lowest BCUT2D eigenvalue weighted by atomic mass is 10.1. The summed E-state index contributed by atoms with van der Waals surface area (Å²) in [7, 11) is 0. The van der Waals surface area contributed by atoms with Gasteiger partial charge < -0.3 is 9.84 Å². The Morgan fingerprint density at radius 3 is 3.00 bits per heavy atom. The van der Waals surface area contributed by atoms with E-state index in [1.165, 1.54) is 10.8 Å². The van der Waals surface area contributed by atoms with Crippen LogP contribution in [0.3, 0.4) is 0 Å². The number of aliphatic hydroxyl groups is 1. The Labute approximate surface area is 108 Å². The number of nitrogens with one attached hydrogen (secondary N) is 1. The van der Waals surface area contributed by atoms with E-state index in [4.69, 9.17) is 17.0 Å². The number of aromatic amines is 1. The molecule has 1 saturated heterocycles. The molecule has 0 aromatic carbocycles. The van der Waals surface area contributed by atoms with Crippen molar-refractivity contribution in [3.8, 4) is 0 Å². The molecule has 0 amide bonds. The van der Waals surface area contributed by atoms with Crippen LogP contribution in [-0.2, 0) is 4.74 Å². The Kier molecular flexibility index (Phi) is 3.39. The summed E-state index contributed by atoms with van der Waals surface area (Å²) in [6.07, 6.45) is -0.223. The molecule has 2 rings (SSSR count). The molecule has 0 aliphatic carbocycles. The van der Waals surface area contributed by atoms with E-state index in [2.05, 4.69) is 4.98 Å². The lowest BCUT2D eigenvalue weighted by Crippen LogP contribution is -2.33. The van der Waals surface area contributed by atoms with Crippen LogP contribution in [0, 0.1) is 11.7 Å². The summed E-state index contributed by atoms with van der Waals surface area (Å²) >= 11 is 5.01. The molecule has 1 aromatic rings. The van der Waals surface area contributed by atoms with E-state index in [0.717, 1.165) is 0 Å². The molecular formula is C11H15FN2O3S. The smallest absolute Gasteiger partial charge is 0.254 e. The van der Waals surface area contributed by atoms with Crippen LogP contribution >= 0.6 is 12.2 Å². The SMILES string of the molecule is CC[C@@]1(F)O[C@@H](n2cc(C)c(=O)[nH]c2=S)CC1O. The molecule has 18 heavy (non-hydrogen) atoms. The number of aryl methyl sites for hydroxylation is 1. The number of aromatic nitrogens is 2. The van der Waals surface area contributed by atoms with Crippen LogP contribution in [-0.4, -0.2) is 26.6 Å². The molecule has 2 N–H and O–H groups in total. The highest BCUT2D eigenvalue weighted by atomic mass is 32.1. The number of ether oxygens (including phenoxy) is 1. The maximum atomic E-state index is 14.1. The van der Waals surface area contributed by atoms with E-state index in [0.29, 0.717) is 5.56 Å². The second-order valence-electron chi connectivity index (χ2n) is 4.44. The summed E-state index contributed by atoms with van der Waals surface area (Å²) in [5, 5.41) is 9.68. The molecule has 1 aliphatic rings. The van der Waals surface area contributed by atoms with Crippen molar-refractivity contribution in [2.45, 2.75) is 44.9 Å². The van der Waals surface area contributed by atoms with E-state index in [-0.39, 0.29) is 23.2 Å². The Hall–Kier alpha value is -1.05. The van der Waals surface area contributed by atoms with Crippen LogP contribution in [0.5, 0.6) is 0 Å².